The summed E-state index contributed by atoms with van der Waals surface area (Å²) in [6.07, 6.45) is -1.28. The second kappa shape index (κ2) is 10.4. The van der Waals surface area contributed by atoms with Crippen molar-refractivity contribution < 1.29 is 36.9 Å². The van der Waals surface area contributed by atoms with Crippen molar-refractivity contribution in [2.24, 2.45) is 0 Å². The lowest BCUT2D eigenvalue weighted by Crippen LogP contribution is -2.38. The molecule has 0 saturated carbocycles. The molecule has 1 atom stereocenters. The van der Waals surface area contributed by atoms with Gasteiger partial charge in [0.2, 0.25) is 15.9 Å². The molecule has 0 unspecified atom stereocenters. The number of hydrogen-bond donors (Lipinski definition) is 1. The van der Waals surface area contributed by atoms with E-state index in [1.165, 1.54) is 25.3 Å². The summed E-state index contributed by atoms with van der Waals surface area (Å²) in [5.74, 6) is 1.85. The first-order valence-corrected chi connectivity index (χ1v) is 12.5. The van der Waals surface area contributed by atoms with E-state index >= 15 is 0 Å². The predicted octanol–water partition coefficient (Wildman–Crippen LogP) is 4.09. The van der Waals surface area contributed by atoms with Gasteiger partial charge in [-0.25, -0.2) is 18.2 Å². The van der Waals surface area contributed by atoms with Gasteiger partial charge in [-0.3, -0.25) is 0 Å². The number of benzene rings is 2. The van der Waals surface area contributed by atoms with Crippen LogP contribution in [0.2, 0.25) is 0 Å². The Morgan fingerprint density at radius 2 is 1.97 bits per heavy atom. The Labute approximate surface area is 203 Å². The molecule has 1 N–H and O–H groups in total. The fraction of sp³-hybridized carbons (Fsp3) is 0.333. The Balaban J connectivity index is 1.45. The van der Waals surface area contributed by atoms with Crippen molar-refractivity contribution in [3.63, 3.8) is 0 Å². The standard InChI is InChI=1S/C24H26N2O8S/c1-16-19(25-23(33-16)17-7-4-3-5-8-17)12-14-32-20-11-10-18(15-21(20)31-2)35(29,30)26-13-6-9-22(26)34-24(27)28/h3-5,7-8,10-11,15,22H,6,9,12-14H2,1-2H3,(H,27,28)/t22-/m1/s1. The van der Waals surface area contributed by atoms with Crippen LogP contribution in [-0.4, -0.2) is 55.5 Å². The van der Waals surface area contributed by atoms with Crippen molar-refractivity contribution in [1.82, 2.24) is 9.29 Å². The molecule has 4 rings (SSSR count). The van der Waals surface area contributed by atoms with Crippen LogP contribution in [0.3, 0.4) is 0 Å². The van der Waals surface area contributed by atoms with Crippen molar-refractivity contribution in [3.8, 4) is 23.0 Å². The zero-order valence-corrected chi connectivity index (χ0v) is 20.2. The van der Waals surface area contributed by atoms with Crippen LogP contribution < -0.4 is 9.47 Å². The molecular weight excluding hydrogens is 476 g/mol. The molecule has 0 amide bonds. The van der Waals surface area contributed by atoms with Gasteiger partial charge < -0.3 is 23.7 Å². The first kappa shape index (κ1) is 24.6. The lowest BCUT2D eigenvalue weighted by molar-refractivity contribution is 0.0170. The van der Waals surface area contributed by atoms with Gasteiger partial charge in [-0.1, -0.05) is 18.2 Å². The molecular formula is C24H26N2O8S. The van der Waals surface area contributed by atoms with Gasteiger partial charge in [0.05, 0.1) is 24.3 Å². The highest BCUT2D eigenvalue weighted by molar-refractivity contribution is 7.89. The third-order valence-electron chi connectivity index (χ3n) is 5.64. The number of methoxy groups -OCH3 is 1. The van der Waals surface area contributed by atoms with E-state index in [1.54, 1.807) is 0 Å². The first-order valence-electron chi connectivity index (χ1n) is 11.0. The van der Waals surface area contributed by atoms with Gasteiger partial charge in [0.25, 0.3) is 0 Å². The second-order valence-corrected chi connectivity index (χ2v) is 9.79. The number of ether oxygens (including phenoxy) is 3. The molecule has 0 bridgehead atoms. The van der Waals surface area contributed by atoms with Crippen molar-refractivity contribution in [2.75, 3.05) is 20.3 Å². The van der Waals surface area contributed by atoms with Crippen molar-refractivity contribution >= 4 is 16.2 Å². The molecule has 0 radical (unpaired) electrons. The highest BCUT2D eigenvalue weighted by atomic mass is 32.2. The van der Waals surface area contributed by atoms with E-state index in [1.807, 2.05) is 37.3 Å². The van der Waals surface area contributed by atoms with E-state index in [0.717, 1.165) is 15.6 Å². The first-order chi connectivity index (χ1) is 16.8. The van der Waals surface area contributed by atoms with Gasteiger partial charge >= 0.3 is 6.16 Å². The maximum Gasteiger partial charge on any atom is 0.507 e. The van der Waals surface area contributed by atoms with Gasteiger partial charge in [-0.15, -0.1) is 0 Å². The van der Waals surface area contributed by atoms with Crippen LogP contribution in [0.1, 0.15) is 24.3 Å². The van der Waals surface area contributed by atoms with Crippen molar-refractivity contribution in [1.29, 1.82) is 0 Å². The van der Waals surface area contributed by atoms with Gasteiger partial charge in [-0.2, -0.15) is 4.31 Å². The van der Waals surface area contributed by atoms with Crippen LogP contribution >= 0.6 is 0 Å². The molecule has 1 saturated heterocycles. The highest BCUT2D eigenvalue weighted by Crippen LogP contribution is 2.33. The molecule has 35 heavy (non-hydrogen) atoms. The topological polar surface area (TPSA) is 128 Å². The molecule has 1 fully saturated rings. The second-order valence-electron chi connectivity index (χ2n) is 7.90. The molecule has 0 aliphatic carbocycles. The minimum Gasteiger partial charge on any atom is -0.493 e. The quantitative estimate of drug-likeness (QED) is 0.430. The van der Waals surface area contributed by atoms with E-state index in [2.05, 4.69) is 4.98 Å². The minimum absolute atomic E-state index is 0.0394. The minimum atomic E-state index is -3.99. The fourth-order valence-electron chi connectivity index (χ4n) is 3.90. The Morgan fingerprint density at radius 3 is 2.69 bits per heavy atom. The molecule has 2 heterocycles. The summed E-state index contributed by atoms with van der Waals surface area (Å²) in [7, 11) is -2.57. The lowest BCUT2D eigenvalue weighted by Gasteiger charge is -2.23. The molecule has 0 spiro atoms. The Hall–Kier alpha value is -3.57. The number of rotatable bonds is 9. The summed E-state index contributed by atoms with van der Waals surface area (Å²) < 4.78 is 49.0. The Kier molecular flexibility index (Phi) is 7.27. The molecule has 1 aliphatic rings. The number of sulfonamides is 1. The SMILES string of the molecule is COc1cc(S(=O)(=O)N2CCC[C@H]2OC(=O)O)ccc1OCCc1nc(-c2ccccc2)oc1C. The summed E-state index contributed by atoms with van der Waals surface area (Å²) in [6.45, 7) is 2.28. The molecule has 11 heteroatoms. The maximum atomic E-state index is 13.1. The monoisotopic (exact) mass is 502 g/mol. The third kappa shape index (κ3) is 5.41. The maximum absolute atomic E-state index is 13.1. The van der Waals surface area contributed by atoms with Crippen LogP contribution in [0.25, 0.3) is 11.5 Å². The number of hydrogen-bond acceptors (Lipinski definition) is 8. The molecule has 1 aromatic heterocycles. The number of nitrogens with zero attached hydrogens (tertiary/aromatic N) is 2. The number of aryl methyl sites for hydroxylation is 1. The molecule has 1 aliphatic heterocycles. The van der Waals surface area contributed by atoms with E-state index in [9.17, 15) is 13.2 Å². The smallest absolute Gasteiger partial charge is 0.493 e. The lowest BCUT2D eigenvalue weighted by atomic mass is 10.2. The molecule has 2 aromatic carbocycles. The number of aromatic nitrogens is 1. The Bertz CT molecular complexity index is 1290. The number of carbonyl (C=O) groups is 1. The molecule has 10 nitrogen and oxygen atoms in total. The normalized spacial score (nSPS) is 16.2. The largest absolute Gasteiger partial charge is 0.507 e. The van der Waals surface area contributed by atoms with E-state index in [-0.39, 0.29) is 23.8 Å². The van der Waals surface area contributed by atoms with Crippen LogP contribution in [0.5, 0.6) is 11.5 Å². The van der Waals surface area contributed by atoms with Gasteiger partial charge in [0, 0.05) is 31.0 Å². The van der Waals surface area contributed by atoms with E-state index < -0.39 is 22.4 Å². The number of carboxylic acid groups (broad SMARTS) is 1. The van der Waals surface area contributed by atoms with Gasteiger partial charge in [0.15, 0.2) is 17.7 Å². The van der Waals surface area contributed by atoms with E-state index in [4.69, 9.17) is 23.7 Å². The zero-order valence-electron chi connectivity index (χ0n) is 19.3. The van der Waals surface area contributed by atoms with Crippen molar-refractivity contribution in [3.05, 3.63) is 60.0 Å². The predicted molar refractivity (Wildman–Crippen MR) is 125 cm³/mol. The average Bonchev–Trinajstić information content (AvgIpc) is 3.46. The Morgan fingerprint density at radius 1 is 1.20 bits per heavy atom. The van der Waals surface area contributed by atoms with E-state index in [0.29, 0.717) is 36.7 Å². The summed E-state index contributed by atoms with van der Waals surface area (Å²) in [5.41, 5.74) is 1.65. The van der Waals surface area contributed by atoms with Crippen molar-refractivity contribution in [2.45, 2.75) is 37.3 Å². The van der Waals surface area contributed by atoms with Crippen LogP contribution in [0.15, 0.2) is 57.8 Å². The van der Waals surface area contributed by atoms with Gasteiger partial charge in [-0.05, 0) is 37.6 Å². The average molecular weight is 503 g/mol. The summed E-state index contributed by atoms with van der Waals surface area (Å²) in [5, 5.41) is 8.90. The van der Waals surface area contributed by atoms with Crippen LogP contribution in [0, 0.1) is 6.92 Å². The summed E-state index contributed by atoms with van der Waals surface area (Å²) >= 11 is 0. The highest BCUT2D eigenvalue weighted by Gasteiger charge is 2.38. The molecule has 3 aromatic rings. The summed E-state index contributed by atoms with van der Waals surface area (Å²) in [4.78, 5) is 15.4. The molecule has 186 valence electrons. The van der Waals surface area contributed by atoms with Crippen LogP contribution in [-0.2, 0) is 21.2 Å². The number of oxazole rings is 1. The van der Waals surface area contributed by atoms with Gasteiger partial charge in [0.1, 0.15) is 5.76 Å². The fourth-order valence-corrected chi connectivity index (χ4v) is 5.50. The van der Waals surface area contributed by atoms with Crippen LogP contribution in [0.4, 0.5) is 4.79 Å². The summed E-state index contributed by atoms with van der Waals surface area (Å²) in [6, 6.07) is 13.9. The zero-order chi connectivity index (χ0) is 25.0. The third-order valence-corrected chi connectivity index (χ3v) is 7.52.